The molecule has 2 aliphatic heterocycles. The second kappa shape index (κ2) is 11.5. The Balaban J connectivity index is 1.36. The van der Waals surface area contributed by atoms with Crippen molar-refractivity contribution in [2.45, 2.75) is 39.0 Å². The molecule has 1 N–H and O–H groups in total. The molecule has 39 heavy (non-hydrogen) atoms. The van der Waals surface area contributed by atoms with E-state index in [1.807, 2.05) is 61.5 Å². The van der Waals surface area contributed by atoms with Crippen molar-refractivity contribution in [3.8, 4) is 5.75 Å². The molecule has 3 amide bonds. The first-order valence-corrected chi connectivity index (χ1v) is 13.1. The highest BCUT2D eigenvalue weighted by atomic mass is 16.6. The maximum Gasteiger partial charge on any atom is 0.414 e. The number of hydrogen-bond acceptors (Lipinski definition) is 6. The molecule has 3 aromatic rings. The Morgan fingerprint density at radius 1 is 0.974 bits per heavy atom. The first-order chi connectivity index (χ1) is 19.0. The minimum absolute atomic E-state index is 0.173. The van der Waals surface area contributed by atoms with Crippen molar-refractivity contribution in [1.29, 1.82) is 0 Å². The van der Waals surface area contributed by atoms with E-state index >= 15 is 0 Å². The SMILES string of the molecule is CCOC(=O)N1CCOc2ccc(C(=O)N3c4ccccc4C(NC(=O)OCc4ccccc4)CC3C)cc21. The number of amides is 3. The molecule has 0 fully saturated rings. The van der Waals surface area contributed by atoms with E-state index in [2.05, 4.69) is 5.32 Å². The van der Waals surface area contributed by atoms with Gasteiger partial charge in [-0.3, -0.25) is 9.69 Å². The predicted octanol–water partition coefficient (Wildman–Crippen LogP) is 5.45. The van der Waals surface area contributed by atoms with Gasteiger partial charge in [0.25, 0.3) is 5.91 Å². The number of ether oxygens (including phenoxy) is 3. The van der Waals surface area contributed by atoms with Gasteiger partial charge in [0.2, 0.25) is 0 Å². The Morgan fingerprint density at radius 2 is 1.74 bits per heavy atom. The average molecular weight is 530 g/mol. The van der Waals surface area contributed by atoms with Gasteiger partial charge in [0.05, 0.1) is 24.9 Å². The molecule has 0 saturated carbocycles. The van der Waals surface area contributed by atoms with Crippen molar-refractivity contribution in [3.63, 3.8) is 0 Å². The summed E-state index contributed by atoms with van der Waals surface area (Å²) in [6, 6.07) is 21.6. The second-order valence-corrected chi connectivity index (χ2v) is 9.46. The molecule has 202 valence electrons. The zero-order chi connectivity index (χ0) is 27.4. The number of benzene rings is 3. The van der Waals surface area contributed by atoms with Crippen LogP contribution in [0.3, 0.4) is 0 Å². The zero-order valence-electron chi connectivity index (χ0n) is 22.0. The molecule has 9 heteroatoms. The van der Waals surface area contributed by atoms with Crippen LogP contribution in [0.2, 0.25) is 0 Å². The van der Waals surface area contributed by atoms with Crippen molar-refractivity contribution in [1.82, 2.24) is 5.32 Å². The number of alkyl carbamates (subject to hydrolysis) is 1. The smallest absolute Gasteiger partial charge is 0.414 e. The Hall–Kier alpha value is -4.53. The third-order valence-corrected chi connectivity index (χ3v) is 6.87. The number of rotatable bonds is 5. The standard InChI is InChI=1S/C30H31N3O6/c1-3-37-30(36)32-15-16-38-27-14-13-22(18-26(27)32)28(34)33-20(2)17-24(23-11-7-8-12-25(23)33)31-29(35)39-19-21-9-5-4-6-10-21/h4-14,18,20,24H,3,15-17,19H2,1-2H3,(H,31,35). The normalized spacial score (nSPS) is 17.8. The number of nitrogens with one attached hydrogen (secondary N) is 1. The molecular formula is C30H31N3O6. The lowest BCUT2D eigenvalue weighted by Crippen LogP contribution is -2.46. The lowest BCUT2D eigenvalue weighted by atomic mass is 9.91. The van der Waals surface area contributed by atoms with Crippen molar-refractivity contribution in [2.75, 3.05) is 29.6 Å². The fourth-order valence-electron chi connectivity index (χ4n) is 5.05. The van der Waals surface area contributed by atoms with Crippen LogP contribution in [0.5, 0.6) is 5.75 Å². The third kappa shape index (κ3) is 5.52. The summed E-state index contributed by atoms with van der Waals surface area (Å²) >= 11 is 0. The van der Waals surface area contributed by atoms with E-state index in [4.69, 9.17) is 14.2 Å². The largest absolute Gasteiger partial charge is 0.490 e. The molecule has 3 aromatic carbocycles. The van der Waals surface area contributed by atoms with Crippen LogP contribution in [0.1, 0.15) is 47.8 Å². The molecule has 9 nitrogen and oxygen atoms in total. The highest BCUT2D eigenvalue weighted by Crippen LogP contribution is 2.39. The summed E-state index contributed by atoms with van der Waals surface area (Å²) < 4.78 is 16.3. The summed E-state index contributed by atoms with van der Waals surface area (Å²) in [6.45, 7) is 4.80. The van der Waals surface area contributed by atoms with Crippen LogP contribution in [-0.2, 0) is 16.1 Å². The molecule has 0 aliphatic carbocycles. The van der Waals surface area contributed by atoms with E-state index < -0.39 is 12.2 Å². The Bertz CT molecular complexity index is 1360. The monoisotopic (exact) mass is 529 g/mol. The molecule has 2 heterocycles. The van der Waals surface area contributed by atoms with Crippen LogP contribution in [0.15, 0.2) is 72.8 Å². The van der Waals surface area contributed by atoms with Crippen LogP contribution in [0.4, 0.5) is 21.0 Å². The van der Waals surface area contributed by atoms with Gasteiger partial charge < -0.3 is 24.4 Å². The highest BCUT2D eigenvalue weighted by Gasteiger charge is 2.36. The summed E-state index contributed by atoms with van der Waals surface area (Å²) in [7, 11) is 0. The molecule has 0 bridgehead atoms. The number of anilines is 2. The molecule has 0 spiro atoms. The second-order valence-electron chi connectivity index (χ2n) is 9.46. The zero-order valence-corrected chi connectivity index (χ0v) is 22.0. The van der Waals surface area contributed by atoms with Crippen molar-refractivity contribution < 1.29 is 28.6 Å². The van der Waals surface area contributed by atoms with Gasteiger partial charge in [-0.05, 0) is 55.7 Å². The van der Waals surface area contributed by atoms with E-state index in [0.29, 0.717) is 42.3 Å². The molecular weight excluding hydrogens is 498 g/mol. The fraction of sp³-hybridized carbons (Fsp3) is 0.300. The first-order valence-electron chi connectivity index (χ1n) is 13.1. The van der Waals surface area contributed by atoms with E-state index in [1.165, 1.54) is 4.90 Å². The highest BCUT2D eigenvalue weighted by molar-refractivity contribution is 6.08. The van der Waals surface area contributed by atoms with Gasteiger partial charge in [0.1, 0.15) is 19.0 Å². The van der Waals surface area contributed by atoms with Gasteiger partial charge in [-0.1, -0.05) is 48.5 Å². The Kier molecular flexibility index (Phi) is 7.67. The fourth-order valence-corrected chi connectivity index (χ4v) is 5.05. The number of hydrogen-bond donors (Lipinski definition) is 1. The number of nitrogens with zero attached hydrogens (tertiary/aromatic N) is 2. The van der Waals surface area contributed by atoms with Crippen molar-refractivity contribution in [3.05, 3.63) is 89.5 Å². The van der Waals surface area contributed by atoms with Gasteiger partial charge in [-0.2, -0.15) is 0 Å². The van der Waals surface area contributed by atoms with Crippen LogP contribution in [-0.4, -0.2) is 43.9 Å². The van der Waals surface area contributed by atoms with Gasteiger partial charge in [-0.25, -0.2) is 9.59 Å². The van der Waals surface area contributed by atoms with E-state index in [-0.39, 0.29) is 31.2 Å². The molecule has 0 radical (unpaired) electrons. The van der Waals surface area contributed by atoms with Crippen LogP contribution in [0.25, 0.3) is 0 Å². The number of para-hydroxylation sites is 1. The molecule has 0 aromatic heterocycles. The van der Waals surface area contributed by atoms with Crippen molar-refractivity contribution >= 4 is 29.5 Å². The van der Waals surface area contributed by atoms with E-state index in [9.17, 15) is 14.4 Å². The molecule has 2 unspecified atom stereocenters. The number of fused-ring (bicyclic) bond motifs is 2. The summed E-state index contributed by atoms with van der Waals surface area (Å²) in [5.41, 5.74) is 3.37. The molecule has 2 atom stereocenters. The van der Waals surface area contributed by atoms with Gasteiger partial charge in [0, 0.05) is 17.3 Å². The predicted molar refractivity (Wildman–Crippen MR) is 146 cm³/mol. The summed E-state index contributed by atoms with van der Waals surface area (Å²) in [4.78, 5) is 42.3. The molecule has 2 aliphatic rings. The quantitative estimate of drug-likeness (QED) is 0.472. The van der Waals surface area contributed by atoms with Crippen molar-refractivity contribution in [2.24, 2.45) is 0 Å². The maximum absolute atomic E-state index is 13.9. The maximum atomic E-state index is 13.9. The Morgan fingerprint density at radius 3 is 2.54 bits per heavy atom. The minimum Gasteiger partial charge on any atom is -0.490 e. The summed E-state index contributed by atoms with van der Waals surface area (Å²) in [6.07, 6.45) is -0.484. The average Bonchev–Trinajstić information content (AvgIpc) is 2.96. The van der Waals surface area contributed by atoms with Crippen LogP contribution in [0, 0.1) is 0 Å². The van der Waals surface area contributed by atoms with Gasteiger partial charge in [0.15, 0.2) is 0 Å². The van der Waals surface area contributed by atoms with Crippen LogP contribution >= 0.6 is 0 Å². The summed E-state index contributed by atoms with van der Waals surface area (Å²) in [5, 5.41) is 2.97. The minimum atomic E-state index is -0.514. The summed E-state index contributed by atoms with van der Waals surface area (Å²) in [5.74, 6) is 0.313. The Labute approximate surface area is 227 Å². The number of carbonyl (C=O) groups is 3. The van der Waals surface area contributed by atoms with Gasteiger partial charge >= 0.3 is 12.2 Å². The molecule has 0 saturated heterocycles. The first kappa shape index (κ1) is 26.1. The number of carbonyl (C=O) groups excluding carboxylic acids is 3. The topological polar surface area (TPSA) is 97.4 Å². The molecule has 5 rings (SSSR count). The third-order valence-electron chi connectivity index (χ3n) is 6.87. The van der Waals surface area contributed by atoms with E-state index in [1.54, 1.807) is 30.0 Å². The van der Waals surface area contributed by atoms with Gasteiger partial charge in [-0.15, -0.1) is 0 Å². The van der Waals surface area contributed by atoms with E-state index in [0.717, 1.165) is 11.1 Å². The lowest BCUT2D eigenvalue weighted by Gasteiger charge is -2.39. The van der Waals surface area contributed by atoms with Crippen LogP contribution < -0.4 is 19.9 Å². The lowest BCUT2D eigenvalue weighted by molar-refractivity contribution is 0.0971.